The lowest BCUT2D eigenvalue weighted by Crippen LogP contribution is -2.48. The van der Waals surface area contributed by atoms with Crippen LogP contribution in [0.25, 0.3) is 21.8 Å². The molecule has 2 aliphatic rings. The molecule has 320 valence electrons. The smallest absolute Gasteiger partial charge is 0.410 e. The maximum Gasteiger partial charge on any atom is 0.410 e. The minimum Gasteiger partial charge on any atom is -0.466 e. The second kappa shape index (κ2) is 19.9. The number of carbonyl (C=O) groups is 3. The standard InChI is InChI=1S/C26H36N2O5.C21H28N2O3/c1-6-32-23(30)26(13-16-27(17-14-26)24(31)33-25(3,4)5)12-7-15-28-21-18-19(2)8-9-20(21)10-11-22(28)29;1-3-26-20(25)21(10-12-22-13-11-21)9-4-14-23-18-15-16(2)5-6-17(18)7-8-19(23)24/h8-11,18H,6-7,12-17H2,1-5H3;5-8,15,22H,3-4,9-14H2,1-2H3. The predicted octanol–water partition coefficient (Wildman–Crippen LogP) is 7.69. The summed E-state index contributed by atoms with van der Waals surface area (Å²) in [5.41, 5.74) is 2.45. The number of rotatable bonds is 12. The molecule has 0 radical (unpaired) electrons. The first-order chi connectivity index (χ1) is 28.1. The summed E-state index contributed by atoms with van der Waals surface area (Å²) in [7, 11) is 0. The number of pyridine rings is 2. The molecule has 0 bridgehead atoms. The van der Waals surface area contributed by atoms with E-state index in [-0.39, 0.29) is 29.2 Å². The zero-order chi connectivity index (χ0) is 42.8. The zero-order valence-corrected chi connectivity index (χ0v) is 36.2. The van der Waals surface area contributed by atoms with Crippen LogP contribution in [0.5, 0.6) is 0 Å². The normalized spacial score (nSPS) is 16.2. The third kappa shape index (κ3) is 11.4. The van der Waals surface area contributed by atoms with Crippen LogP contribution in [0, 0.1) is 24.7 Å². The lowest BCUT2D eigenvalue weighted by molar-refractivity contribution is -0.159. The highest BCUT2D eigenvalue weighted by Gasteiger charge is 2.44. The highest BCUT2D eigenvalue weighted by atomic mass is 16.6. The zero-order valence-electron chi connectivity index (χ0n) is 36.2. The van der Waals surface area contributed by atoms with Crippen LogP contribution in [0.4, 0.5) is 4.79 Å². The summed E-state index contributed by atoms with van der Waals surface area (Å²) >= 11 is 0. The Morgan fingerprint density at radius 3 is 1.51 bits per heavy atom. The van der Waals surface area contributed by atoms with E-state index in [2.05, 4.69) is 17.4 Å². The van der Waals surface area contributed by atoms with Crippen molar-refractivity contribution in [1.82, 2.24) is 19.4 Å². The van der Waals surface area contributed by atoms with Crippen LogP contribution in [-0.4, -0.2) is 77.1 Å². The van der Waals surface area contributed by atoms with E-state index in [1.165, 1.54) is 0 Å². The number of piperidine rings is 2. The largest absolute Gasteiger partial charge is 0.466 e. The van der Waals surface area contributed by atoms with E-state index < -0.39 is 16.4 Å². The van der Waals surface area contributed by atoms with Gasteiger partial charge in [0.15, 0.2) is 0 Å². The molecule has 2 aliphatic heterocycles. The molecule has 1 amide bonds. The molecular weight excluding hydrogens is 749 g/mol. The number of nitrogens with one attached hydrogen (secondary N) is 1. The Bertz CT molecular complexity index is 2200. The van der Waals surface area contributed by atoms with Crippen molar-refractivity contribution in [1.29, 1.82) is 0 Å². The molecule has 59 heavy (non-hydrogen) atoms. The van der Waals surface area contributed by atoms with E-state index in [1.807, 2.05) is 82.5 Å². The van der Waals surface area contributed by atoms with E-state index in [0.29, 0.717) is 65.1 Å². The van der Waals surface area contributed by atoms with Crippen LogP contribution in [-0.2, 0) is 36.9 Å². The second-order valence-corrected chi connectivity index (χ2v) is 17.2. The number of carbonyl (C=O) groups excluding carboxylic acids is 3. The van der Waals surface area contributed by atoms with Gasteiger partial charge in [-0.3, -0.25) is 19.2 Å². The van der Waals surface area contributed by atoms with Gasteiger partial charge in [-0.2, -0.15) is 0 Å². The molecule has 4 heterocycles. The van der Waals surface area contributed by atoms with Crippen molar-refractivity contribution in [3.63, 3.8) is 0 Å². The van der Waals surface area contributed by atoms with E-state index in [9.17, 15) is 24.0 Å². The first kappa shape index (κ1) is 45.1. The van der Waals surface area contributed by atoms with E-state index in [1.54, 1.807) is 28.5 Å². The number of esters is 2. The van der Waals surface area contributed by atoms with Crippen LogP contribution in [0.15, 0.2) is 70.3 Å². The second-order valence-electron chi connectivity index (χ2n) is 17.2. The predicted molar refractivity (Wildman–Crippen MR) is 232 cm³/mol. The van der Waals surface area contributed by atoms with Crippen molar-refractivity contribution in [2.24, 2.45) is 10.8 Å². The monoisotopic (exact) mass is 812 g/mol. The van der Waals surface area contributed by atoms with Crippen molar-refractivity contribution in [3.05, 3.63) is 92.5 Å². The summed E-state index contributed by atoms with van der Waals surface area (Å²) in [6.45, 7) is 17.7. The number of fused-ring (bicyclic) bond motifs is 2. The van der Waals surface area contributed by atoms with Crippen LogP contribution < -0.4 is 16.4 Å². The molecule has 0 aliphatic carbocycles. The third-order valence-electron chi connectivity index (χ3n) is 11.7. The Labute approximate surface area is 348 Å². The number of aryl methyl sites for hydroxylation is 4. The molecule has 0 spiro atoms. The van der Waals surface area contributed by atoms with Crippen molar-refractivity contribution in [2.45, 2.75) is 119 Å². The summed E-state index contributed by atoms with van der Waals surface area (Å²) < 4.78 is 19.9. The van der Waals surface area contributed by atoms with E-state index in [4.69, 9.17) is 14.2 Å². The van der Waals surface area contributed by atoms with Crippen molar-refractivity contribution < 1.29 is 28.6 Å². The first-order valence-corrected chi connectivity index (χ1v) is 21.3. The molecule has 6 rings (SSSR count). The summed E-state index contributed by atoms with van der Waals surface area (Å²) in [6, 6.07) is 19.2. The van der Waals surface area contributed by atoms with Gasteiger partial charge in [0.1, 0.15) is 5.60 Å². The molecule has 0 saturated carbocycles. The molecule has 2 aromatic carbocycles. The van der Waals surface area contributed by atoms with Crippen LogP contribution in [0.3, 0.4) is 0 Å². The maximum absolute atomic E-state index is 13.0. The molecular formula is C47H64N4O8. The fourth-order valence-corrected chi connectivity index (χ4v) is 8.44. The van der Waals surface area contributed by atoms with Gasteiger partial charge in [0, 0.05) is 38.3 Å². The molecule has 12 nitrogen and oxygen atoms in total. The van der Waals surface area contributed by atoms with E-state index >= 15 is 0 Å². The molecule has 2 saturated heterocycles. The summed E-state index contributed by atoms with van der Waals surface area (Å²) in [6.07, 6.45) is 5.10. The van der Waals surface area contributed by atoms with Gasteiger partial charge in [0.2, 0.25) is 0 Å². The minimum absolute atomic E-state index is 0.0126. The number of benzene rings is 2. The number of amides is 1. The van der Waals surface area contributed by atoms with Gasteiger partial charge in [0.05, 0.1) is 35.1 Å². The molecule has 0 atom stereocenters. The Kier molecular flexibility index (Phi) is 15.2. The fraction of sp³-hybridized carbons (Fsp3) is 0.553. The number of ether oxygens (including phenoxy) is 3. The van der Waals surface area contributed by atoms with Gasteiger partial charge in [-0.05, 0) is 159 Å². The Morgan fingerprint density at radius 1 is 0.661 bits per heavy atom. The first-order valence-electron chi connectivity index (χ1n) is 21.3. The van der Waals surface area contributed by atoms with Crippen LogP contribution in [0.1, 0.15) is 97.1 Å². The molecule has 12 heteroatoms. The molecule has 4 aromatic rings. The number of aromatic nitrogens is 2. The summed E-state index contributed by atoms with van der Waals surface area (Å²) in [4.78, 5) is 64.7. The molecule has 1 N–H and O–H groups in total. The van der Waals surface area contributed by atoms with Crippen molar-refractivity contribution in [3.8, 4) is 0 Å². The lowest BCUT2D eigenvalue weighted by atomic mass is 9.74. The Hall–Kier alpha value is -4.97. The lowest BCUT2D eigenvalue weighted by Gasteiger charge is -2.40. The molecule has 2 aromatic heterocycles. The Morgan fingerprint density at radius 2 is 1.08 bits per heavy atom. The number of likely N-dealkylation sites (tertiary alicyclic amines) is 1. The van der Waals surface area contributed by atoms with Crippen LogP contribution in [0.2, 0.25) is 0 Å². The third-order valence-corrected chi connectivity index (χ3v) is 11.7. The number of nitrogens with zero attached hydrogens (tertiary/aromatic N) is 3. The number of hydrogen-bond donors (Lipinski definition) is 1. The van der Waals surface area contributed by atoms with Crippen LogP contribution >= 0.6 is 0 Å². The van der Waals surface area contributed by atoms with E-state index in [0.717, 1.165) is 71.7 Å². The minimum atomic E-state index is -0.654. The van der Waals surface area contributed by atoms with Gasteiger partial charge in [-0.1, -0.05) is 24.3 Å². The average Bonchev–Trinajstić information content (AvgIpc) is 3.20. The topological polar surface area (TPSA) is 138 Å². The summed E-state index contributed by atoms with van der Waals surface area (Å²) in [5.74, 6) is -0.294. The highest BCUT2D eigenvalue weighted by Crippen LogP contribution is 2.39. The van der Waals surface area contributed by atoms with Gasteiger partial charge < -0.3 is 33.6 Å². The molecule has 0 unspecified atom stereocenters. The van der Waals surface area contributed by atoms with Crippen molar-refractivity contribution >= 4 is 39.8 Å². The average molecular weight is 813 g/mol. The number of hydrogen-bond acceptors (Lipinski definition) is 9. The quantitative estimate of drug-likeness (QED) is 0.113. The Balaban J connectivity index is 0.000000230. The molecule has 2 fully saturated rings. The fourth-order valence-electron chi connectivity index (χ4n) is 8.44. The van der Waals surface area contributed by atoms with Gasteiger partial charge in [-0.15, -0.1) is 0 Å². The van der Waals surface area contributed by atoms with Crippen molar-refractivity contribution in [2.75, 3.05) is 39.4 Å². The van der Waals surface area contributed by atoms with Gasteiger partial charge in [-0.25, -0.2) is 4.79 Å². The van der Waals surface area contributed by atoms with Gasteiger partial charge in [0.25, 0.3) is 11.1 Å². The SMILES string of the molecule is CCOC(=O)C1(CCCn2c(=O)ccc3ccc(C)cc32)CCN(C(=O)OC(C)(C)C)CC1.CCOC(=O)C1(CCCn2c(=O)ccc3ccc(C)cc32)CCNCC1. The maximum atomic E-state index is 13.0. The summed E-state index contributed by atoms with van der Waals surface area (Å²) in [5, 5.41) is 5.41. The highest BCUT2D eigenvalue weighted by molar-refractivity contribution is 5.81. The van der Waals surface area contributed by atoms with Gasteiger partial charge >= 0.3 is 18.0 Å².